The van der Waals surface area contributed by atoms with Crippen molar-refractivity contribution in [3.05, 3.63) is 71.8 Å². The molecule has 0 saturated heterocycles. The maximum Gasteiger partial charge on any atom is 0.408 e. The van der Waals surface area contributed by atoms with Gasteiger partial charge >= 0.3 is 18.0 Å². The predicted molar refractivity (Wildman–Crippen MR) is 132 cm³/mol. The number of rotatable bonds is 9. The molecule has 2 N–H and O–H groups in total. The van der Waals surface area contributed by atoms with Crippen LogP contribution in [0.2, 0.25) is 0 Å². The summed E-state index contributed by atoms with van der Waals surface area (Å²) in [4.78, 5) is 50.8. The van der Waals surface area contributed by atoms with E-state index >= 15 is 0 Å². The summed E-state index contributed by atoms with van der Waals surface area (Å²) in [7, 11) is 0. The Kier molecular flexibility index (Phi) is 9.99. The first-order valence-corrected chi connectivity index (χ1v) is 11.6. The molecule has 0 aliphatic carbocycles. The minimum atomic E-state index is -1.08. The first-order valence-electron chi connectivity index (χ1n) is 11.6. The van der Waals surface area contributed by atoms with Gasteiger partial charge in [0.15, 0.2) is 0 Å². The molecule has 2 atom stereocenters. The van der Waals surface area contributed by atoms with Crippen LogP contribution in [0.15, 0.2) is 60.7 Å². The van der Waals surface area contributed by atoms with Crippen LogP contribution in [0.1, 0.15) is 57.0 Å². The lowest BCUT2D eigenvalue weighted by Gasteiger charge is -2.25. The number of amides is 2. The average molecular weight is 483 g/mol. The van der Waals surface area contributed by atoms with E-state index in [0.717, 1.165) is 5.56 Å². The van der Waals surface area contributed by atoms with Crippen LogP contribution in [0.5, 0.6) is 0 Å². The number of benzene rings is 2. The standard InChI is InChI=1S/C27H34N2O6/c1-18(2)16-22(25(32)34-24(31)20-14-10-7-11-15-20)28-23(30)21(17-19-12-8-6-9-13-19)29-26(33)35-27(3,4)5/h6-15,18,21-22H,16-17H2,1-5H3,(H,28,30)(H,29,33)/t21-,22+/m1/s1. The third-order valence-corrected chi connectivity index (χ3v) is 4.80. The lowest BCUT2D eigenvalue weighted by atomic mass is 10.0. The van der Waals surface area contributed by atoms with Crippen molar-refractivity contribution in [2.75, 3.05) is 0 Å². The molecule has 2 aromatic carbocycles. The number of carbonyl (C=O) groups is 4. The number of alkyl carbamates (subject to hydrolysis) is 1. The summed E-state index contributed by atoms with van der Waals surface area (Å²) in [6, 6.07) is 15.2. The lowest BCUT2D eigenvalue weighted by molar-refractivity contribution is -0.143. The van der Waals surface area contributed by atoms with Gasteiger partial charge in [0.25, 0.3) is 0 Å². The smallest absolute Gasteiger partial charge is 0.408 e. The third-order valence-electron chi connectivity index (χ3n) is 4.80. The van der Waals surface area contributed by atoms with Gasteiger partial charge in [-0.05, 0) is 50.8 Å². The molecule has 8 heteroatoms. The van der Waals surface area contributed by atoms with Crippen LogP contribution in [0, 0.1) is 5.92 Å². The van der Waals surface area contributed by atoms with E-state index < -0.39 is 41.6 Å². The van der Waals surface area contributed by atoms with Crippen LogP contribution in [-0.4, -0.2) is 41.6 Å². The number of nitrogens with one attached hydrogen (secondary N) is 2. The normalized spacial score (nSPS) is 12.9. The molecule has 0 fully saturated rings. The van der Waals surface area contributed by atoms with Gasteiger partial charge in [-0.3, -0.25) is 4.79 Å². The highest BCUT2D eigenvalue weighted by Gasteiger charge is 2.31. The minimum absolute atomic E-state index is 0.0195. The van der Waals surface area contributed by atoms with Crippen molar-refractivity contribution < 1.29 is 28.7 Å². The number of ether oxygens (including phenoxy) is 2. The molecule has 0 aliphatic rings. The zero-order chi connectivity index (χ0) is 26.0. The Bertz CT molecular complexity index is 999. The first-order chi connectivity index (χ1) is 16.4. The molecule has 0 heterocycles. The molecule has 0 spiro atoms. The molecule has 0 saturated carbocycles. The Morgan fingerprint density at radius 1 is 0.829 bits per heavy atom. The monoisotopic (exact) mass is 482 g/mol. The number of esters is 2. The summed E-state index contributed by atoms with van der Waals surface area (Å²) in [6.45, 7) is 8.92. The fourth-order valence-corrected chi connectivity index (χ4v) is 3.26. The molecule has 188 valence electrons. The highest BCUT2D eigenvalue weighted by molar-refractivity contribution is 5.99. The Hall–Kier alpha value is -3.68. The van der Waals surface area contributed by atoms with Crippen LogP contribution < -0.4 is 10.6 Å². The van der Waals surface area contributed by atoms with Gasteiger partial charge in [0.05, 0.1) is 5.56 Å². The number of carbonyl (C=O) groups excluding carboxylic acids is 4. The molecule has 2 aromatic rings. The van der Waals surface area contributed by atoms with Gasteiger partial charge in [0.2, 0.25) is 5.91 Å². The molecule has 0 radical (unpaired) electrons. The minimum Gasteiger partial charge on any atom is -0.444 e. The highest BCUT2D eigenvalue weighted by Crippen LogP contribution is 2.12. The summed E-state index contributed by atoms with van der Waals surface area (Å²) < 4.78 is 10.3. The second kappa shape index (κ2) is 12.7. The van der Waals surface area contributed by atoms with E-state index in [-0.39, 0.29) is 24.3 Å². The van der Waals surface area contributed by atoms with E-state index in [1.807, 2.05) is 44.2 Å². The SMILES string of the molecule is CC(C)C[C@H](NC(=O)[C@@H](Cc1ccccc1)NC(=O)OC(C)(C)C)C(=O)OC(=O)c1ccccc1. The maximum absolute atomic E-state index is 13.2. The van der Waals surface area contributed by atoms with Crippen molar-refractivity contribution in [1.29, 1.82) is 0 Å². The second-order valence-corrected chi connectivity index (χ2v) is 9.65. The van der Waals surface area contributed by atoms with Crippen molar-refractivity contribution in [2.24, 2.45) is 5.92 Å². The van der Waals surface area contributed by atoms with Gasteiger partial charge in [0, 0.05) is 6.42 Å². The largest absolute Gasteiger partial charge is 0.444 e. The highest BCUT2D eigenvalue weighted by atomic mass is 16.6. The van der Waals surface area contributed by atoms with Gasteiger partial charge in [-0.15, -0.1) is 0 Å². The first kappa shape index (κ1) is 27.6. The molecular formula is C27H34N2O6. The van der Waals surface area contributed by atoms with Gasteiger partial charge in [-0.1, -0.05) is 62.4 Å². The molecule has 0 bridgehead atoms. The van der Waals surface area contributed by atoms with E-state index in [1.165, 1.54) is 12.1 Å². The van der Waals surface area contributed by atoms with Gasteiger partial charge in [-0.2, -0.15) is 0 Å². The maximum atomic E-state index is 13.2. The molecule has 0 aromatic heterocycles. The Morgan fingerprint density at radius 3 is 1.94 bits per heavy atom. The molecule has 35 heavy (non-hydrogen) atoms. The van der Waals surface area contributed by atoms with Crippen LogP contribution in [0.25, 0.3) is 0 Å². The van der Waals surface area contributed by atoms with Crippen molar-refractivity contribution in [2.45, 2.75) is 65.1 Å². The van der Waals surface area contributed by atoms with E-state index in [9.17, 15) is 19.2 Å². The van der Waals surface area contributed by atoms with Crippen LogP contribution in [-0.2, 0) is 25.5 Å². The van der Waals surface area contributed by atoms with Crippen LogP contribution in [0.3, 0.4) is 0 Å². The molecule has 2 amide bonds. The van der Waals surface area contributed by atoms with Crippen molar-refractivity contribution in [3.63, 3.8) is 0 Å². The Labute approximate surface area is 206 Å². The van der Waals surface area contributed by atoms with Crippen LogP contribution >= 0.6 is 0 Å². The molecule has 2 rings (SSSR count). The lowest BCUT2D eigenvalue weighted by Crippen LogP contribution is -2.53. The fraction of sp³-hybridized carbons (Fsp3) is 0.407. The average Bonchev–Trinajstić information content (AvgIpc) is 2.77. The summed E-state index contributed by atoms with van der Waals surface area (Å²) >= 11 is 0. The van der Waals surface area contributed by atoms with E-state index in [2.05, 4.69) is 10.6 Å². The predicted octanol–water partition coefficient (Wildman–Crippen LogP) is 4.04. The summed E-state index contributed by atoms with van der Waals surface area (Å²) in [5.74, 6) is -2.23. The third kappa shape index (κ3) is 10.00. The molecule has 0 aliphatic heterocycles. The number of hydrogen-bond acceptors (Lipinski definition) is 6. The topological polar surface area (TPSA) is 111 Å². The van der Waals surface area contributed by atoms with Crippen LogP contribution in [0.4, 0.5) is 4.79 Å². The van der Waals surface area contributed by atoms with Gasteiger partial charge in [0.1, 0.15) is 17.7 Å². The van der Waals surface area contributed by atoms with Gasteiger partial charge in [-0.25, -0.2) is 14.4 Å². The van der Waals surface area contributed by atoms with E-state index in [1.54, 1.807) is 39.0 Å². The molecule has 0 unspecified atom stereocenters. The zero-order valence-corrected chi connectivity index (χ0v) is 20.9. The summed E-state index contributed by atoms with van der Waals surface area (Å²) in [6.07, 6.45) is -0.328. The summed E-state index contributed by atoms with van der Waals surface area (Å²) in [5.41, 5.74) is 0.287. The van der Waals surface area contributed by atoms with Crippen molar-refractivity contribution in [1.82, 2.24) is 10.6 Å². The zero-order valence-electron chi connectivity index (χ0n) is 20.9. The number of hydrogen-bond donors (Lipinski definition) is 2. The van der Waals surface area contributed by atoms with Crippen molar-refractivity contribution in [3.8, 4) is 0 Å². The molecular weight excluding hydrogens is 448 g/mol. The van der Waals surface area contributed by atoms with Crippen molar-refractivity contribution >= 4 is 23.9 Å². The van der Waals surface area contributed by atoms with Gasteiger partial charge < -0.3 is 20.1 Å². The second-order valence-electron chi connectivity index (χ2n) is 9.65. The molecule has 8 nitrogen and oxygen atoms in total. The quantitative estimate of drug-likeness (QED) is 0.412. The van der Waals surface area contributed by atoms with E-state index in [4.69, 9.17) is 9.47 Å². The van der Waals surface area contributed by atoms with E-state index in [0.29, 0.717) is 0 Å². The Morgan fingerprint density at radius 2 is 1.40 bits per heavy atom. The Balaban J connectivity index is 2.17. The fourth-order valence-electron chi connectivity index (χ4n) is 3.26. The summed E-state index contributed by atoms with van der Waals surface area (Å²) in [5, 5.41) is 5.25.